The van der Waals surface area contributed by atoms with E-state index in [1.165, 1.54) is 12.3 Å². The van der Waals surface area contributed by atoms with Crippen molar-refractivity contribution in [2.24, 2.45) is 0 Å². The lowest BCUT2D eigenvalue weighted by molar-refractivity contribution is 0.173. The Morgan fingerprint density at radius 2 is 2.00 bits per heavy atom. The quantitative estimate of drug-likeness (QED) is 0.930. The Bertz CT molecular complexity index is 545. The zero-order valence-corrected chi connectivity index (χ0v) is 10.8. The first-order valence-electron chi connectivity index (χ1n) is 5.30. The topological polar surface area (TPSA) is 33.1 Å². The maximum Gasteiger partial charge on any atom is 0.142 e. The van der Waals surface area contributed by atoms with Crippen LogP contribution in [-0.2, 0) is 6.42 Å². The number of halogens is 3. The van der Waals surface area contributed by atoms with E-state index in [4.69, 9.17) is 23.2 Å². The molecule has 0 amide bonds. The van der Waals surface area contributed by atoms with E-state index >= 15 is 0 Å². The van der Waals surface area contributed by atoms with Crippen LogP contribution in [0.5, 0.6) is 0 Å². The molecule has 0 saturated carbocycles. The molecule has 0 radical (unpaired) electrons. The van der Waals surface area contributed by atoms with E-state index in [9.17, 15) is 9.50 Å². The maximum absolute atomic E-state index is 13.2. The van der Waals surface area contributed by atoms with Gasteiger partial charge in [0.25, 0.3) is 0 Å². The number of aromatic nitrogens is 1. The Morgan fingerprint density at radius 1 is 1.22 bits per heavy atom. The molecule has 18 heavy (non-hydrogen) atoms. The molecule has 0 aliphatic rings. The molecular formula is C13H10Cl2FNO. The third-order valence-electron chi connectivity index (χ3n) is 2.54. The number of benzene rings is 1. The van der Waals surface area contributed by atoms with E-state index in [1.807, 2.05) is 0 Å². The van der Waals surface area contributed by atoms with Crippen molar-refractivity contribution in [2.45, 2.75) is 12.5 Å². The number of hydrogen-bond acceptors (Lipinski definition) is 2. The molecule has 1 unspecified atom stereocenters. The third-order valence-corrected chi connectivity index (χ3v) is 3.18. The summed E-state index contributed by atoms with van der Waals surface area (Å²) in [7, 11) is 0. The van der Waals surface area contributed by atoms with Gasteiger partial charge >= 0.3 is 0 Å². The summed E-state index contributed by atoms with van der Waals surface area (Å²) >= 11 is 11.5. The largest absolute Gasteiger partial charge is 0.386 e. The van der Waals surface area contributed by atoms with Crippen molar-refractivity contribution in [2.75, 3.05) is 0 Å². The fourth-order valence-electron chi connectivity index (χ4n) is 1.60. The fraction of sp³-hybridized carbons (Fsp3) is 0.154. The second-order valence-electron chi connectivity index (χ2n) is 3.83. The monoisotopic (exact) mass is 285 g/mol. The first kappa shape index (κ1) is 13.3. The van der Waals surface area contributed by atoms with Gasteiger partial charge in [-0.3, -0.25) is 4.98 Å². The molecule has 94 valence electrons. The van der Waals surface area contributed by atoms with Gasteiger partial charge in [-0.25, -0.2) is 4.39 Å². The number of rotatable bonds is 3. The minimum Gasteiger partial charge on any atom is -0.386 e. The summed E-state index contributed by atoms with van der Waals surface area (Å²) in [5.74, 6) is -0.495. The Morgan fingerprint density at radius 3 is 2.67 bits per heavy atom. The molecule has 0 saturated heterocycles. The van der Waals surface area contributed by atoms with Gasteiger partial charge in [-0.05, 0) is 23.8 Å². The van der Waals surface area contributed by atoms with E-state index < -0.39 is 11.9 Å². The van der Waals surface area contributed by atoms with Crippen LogP contribution < -0.4 is 0 Å². The van der Waals surface area contributed by atoms with Crippen LogP contribution in [0.25, 0.3) is 0 Å². The van der Waals surface area contributed by atoms with Gasteiger partial charge < -0.3 is 5.11 Å². The molecule has 2 rings (SSSR count). The standard InChI is InChI=1S/C13H10Cl2FNO/c14-9-4-5-11(17-7-9)12(18)6-8-2-1-3-10(16)13(8)15/h1-5,7,12,18H,6H2. The van der Waals surface area contributed by atoms with E-state index in [0.717, 1.165) is 0 Å². The molecule has 0 aliphatic heterocycles. The Balaban J connectivity index is 2.18. The predicted octanol–water partition coefficient (Wildman–Crippen LogP) is 3.80. The zero-order valence-electron chi connectivity index (χ0n) is 9.28. The average molecular weight is 286 g/mol. The highest BCUT2D eigenvalue weighted by molar-refractivity contribution is 6.31. The molecular weight excluding hydrogens is 276 g/mol. The smallest absolute Gasteiger partial charge is 0.142 e. The molecule has 1 aromatic heterocycles. The molecule has 1 heterocycles. The molecule has 2 aromatic rings. The lowest BCUT2D eigenvalue weighted by atomic mass is 10.1. The second kappa shape index (κ2) is 5.65. The van der Waals surface area contributed by atoms with Gasteiger partial charge in [0, 0.05) is 12.6 Å². The number of nitrogens with zero attached hydrogens (tertiary/aromatic N) is 1. The average Bonchev–Trinajstić information content (AvgIpc) is 2.36. The minimum absolute atomic E-state index is 0.0329. The van der Waals surface area contributed by atoms with Gasteiger partial charge in [0.05, 0.1) is 21.8 Å². The van der Waals surface area contributed by atoms with Crippen LogP contribution in [0, 0.1) is 5.82 Å². The lowest BCUT2D eigenvalue weighted by Gasteiger charge is -2.11. The van der Waals surface area contributed by atoms with Crippen molar-refractivity contribution in [3.8, 4) is 0 Å². The van der Waals surface area contributed by atoms with Crippen molar-refractivity contribution in [3.63, 3.8) is 0 Å². The van der Waals surface area contributed by atoms with Crippen LogP contribution in [0.4, 0.5) is 4.39 Å². The molecule has 0 fully saturated rings. The molecule has 0 aliphatic carbocycles. The summed E-state index contributed by atoms with van der Waals surface area (Å²) in [5.41, 5.74) is 1.01. The highest BCUT2D eigenvalue weighted by atomic mass is 35.5. The molecule has 0 bridgehead atoms. The SMILES string of the molecule is OC(Cc1cccc(F)c1Cl)c1ccc(Cl)cn1. The molecule has 2 nitrogen and oxygen atoms in total. The third kappa shape index (κ3) is 2.99. The predicted molar refractivity (Wildman–Crippen MR) is 69.3 cm³/mol. The van der Waals surface area contributed by atoms with Gasteiger partial charge in [0.15, 0.2) is 0 Å². The molecule has 1 N–H and O–H groups in total. The maximum atomic E-state index is 13.2. The van der Waals surface area contributed by atoms with Crippen LogP contribution in [-0.4, -0.2) is 10.1 Å². The zero-order chi connectivity index (χ0) is 13.1. The highest BCUT2D eigenvalue weighted by Gasteiger charge is 2.13. The Labute approximate surface area is 114 Å². The molecule has 5 heteroatoms. The van der Waals surface area contributed by atoms with Crippen molar-refractivity contribution in [1.82, 2.24) is 4.98 Å². The summed E-state index contributed by atoms with van der Waals surface area (Å²) in [6.45, 7) is 0. The van der Waals surface area contributed by atoms with Gasteiger partial charge in [0.1, 0.15) is 5.82 Å². The minimum atomic E-state index is -0.846. The summed E-state index contributed by atoms with van der Waals surface area (Å²) in [4.78, 5) is 4.01. The van der Waals surface area contributed by atoms with Crippen LogP contribution in [0.1, 0.15) is 17.4 Å². The van der Waals surface area contributed by atoms with E-state index in [-0.39, 0.29) is 11.4 Å². The summed E-state index contributed by atoms with van der Waals surface area (Å²) in [6.07, 6.45) is 0.806. The molecule has 1 aromatic carbocycles. The van der Waals surface area contributed by atoms with Gasteiger partial charge in [-0.1, -0.05) is 35.3 Å². The van der Waals surface area contributed by atoms with Crippen molar-refractivity contribution >= 4 is 23.2 Å². The van der Waals surface area contributed by atoms with Gasteiger partial charge in [0.2, 0.25) is 0 Å². The van der Waals surface area contributed by atoms with E-state index in [1.54, 1.807) is 24.3 Å². The summed E-state index contributed by atoms with van der Waals surface area (Å²) < 4.78 is 13.2. The van der Waals surface area contributed by atoms with Crippen molar-refractivity contribution < 1.29 is 9.50 Å². The first-order chi connectivity index (χ1) is 8.58. The normalized spacial score (nSPS) is 12.4. The van der Waals surface area contributed by atoms with Crippen LogP contribution in [0.3, 0.4) is 0 Å². The Kier molecular flexibility index (Phi) is 4.17. The van der Waals surface area contributed by atoms with Crippen LogP contribution >= 0.6 is 23.2 Å². The lowest BCUT2D eigenvalue weighted by Crippen LogP contribution is -2.04. The number of pyridine rings is 1. The first-order valence-corrected chi connectivity index (χ1v) is 6.06. The molecule has 0 spiro atoms. The van der Waals surface area contributed by atoms with E-state index in [0.29, 0.717) is 16.3 Å². The summed E-state index contributed by atoms with van der Waals surface area (Å²) in [6, 6.07) is 7.77. The van der Waals surface area contributed by atoms with Gasteiger partial charge in [-0.2, -0.15) is 0 Å². The highest BCUT2D eigenvalue weighted by Crippen LogP contribution is 2.25. The van der Waals surface area contributed by atoms with Crippen LogP contribution in [0.2, 0.25) is 10.0 Å². The number of aliphatic hydroxyl groups excluding tert-OH is 1. The van der Waals surface area contributed by atoms with Gasteiger partial charge in [-0.15, -0.1) is 0 Å². The van der Waals surface area contributed by atoms with Crippen molar-refractivity contribution in [3.05, 3.63) is 63.6 Å². The fourth-order valence-corrected chi connectivity index (χ4v) is 1.92. The van der Waals surface area contributed by atoms with Crippen LogP contribution in [0.15, 0.2) is 36.5 Å². The number of hydrogen-bond donors (Lipinski definition) is 1. The summed E-state index contributed by atoms with van der Waals surface area (Å²) in [5, 5.41) is 10.5. The van der Waals surface area contributed by atoms with Crippen molar-refractivity contribution in [1.29, 1.82) is 0 Å². The number of aliphatic hydroxyl groups is 1. The van der Waals surface area contributed by atoms with E-state index in [2.05, 4.69) is 4.98 Å². The molecule has 1 atom stereocenters. The Hall–Kier alpha value is -1.16. The second-order valence-corrected chi connectivity index (χ2v) is 4.65.